The summed E-state index contributed by atoms with van der Waals surface area (Å²) in [5, 5.41) is 0. The van der Waals surface area contributed by atoms with Crippen molar-refractivity contribution in [3.63, 3.8) is 0 Å². The van der Waals surface area contributed by atoms with Crippen LogP contribution in [0.3, 0.4) is 0 Å². The van der Waals surface area contributed by atoms with Gasteiger partial charge < -0.3 is 15.4 Å². The van der Waals surface area contributed by atoms with Crippen LogP contribution in [0.15, 0.2) is 0 Å². The number of carbonyl (C=O) groups is 1. The molecule has 4 heteroatoms. The fourth-order valence-corrected chi connectivity index (χ4v) is 0.880. The number of amides is 1. The molecule has 0 fully saturated rings. The molecule has 0 saturated heterocycles. The molecule has 72 valence electrons. The monoisotopic (exact) mass is 174 g/mol. The van der Waals surface area contributed by atoms with E-state index in [2.05, 4.69) is 9.64 Å². The topological polar surface area (TPSA) is 55.6 Å². The number of ether oxygens (including phenoxy) is 1. The molecule has 0 aromatic rings. The van der Waals surface area contributed by atoms with E-state index in [4.69, 9.17) is 5.73 Å². The van der Waals surface area contributed by atoms with Crippen LogP contribution in [0.2, 0.25) is 0 Å². The minimum Gasteiger partial charge on any atom is -0.450 e. The Morgan fingerprint density at radius 2 is 2.00 bits per heavy atom. The van der Waals surface area contributed by atoms with Gasteiger partial charge in [0.25, 0.3) is 0 Å². The van der Waals surface area contributed by atoms with Crippen LogP contribution in [-0.4, -0.2) is 38.2 Å². The van der Waals surface area contributed by atoms with E-state index in [1.165, 1.54) is 0 Å². The third-order valence-electron chi connectivity index (χ3n) is 1.49. The summed E-state index contributed by atoms with van der Waals surface area (Å²) in [5.41, 5.74) is 4.79. The summed E-state index contributed by atoms with van der Waals surface area (Å²) in [6.07, 6.45) is 2.43. The maximum atomic E-state index is 10.1. The number of unbranched alkanes of at least 4 members (excludes halogenated alkanes) is 2. The minimum absolute atomic E-state index is 0.447. The second-order valence-electron chi connectivity index (χ2n) is 3.03. The zero-order chi connectivity index (χ0) is 9.40. The molecule has 0 aliphatic rings. The Morgan fingerprint density at radius 1 is 1.33 bits per heavy atom. The summed E-state index contributed by atoms with van der Waals surface area (Å²) >= 11 is 0. The van der Waals surface area contributed by atoms with Crippen molar-refractivity contribution in [3.05, 3.63) is 0 Å². The molecule has 4 nitrogen and oxygen atoms in total. The zero-order valence-corrected chi connectivity index (χ0v) is 7.88. The van der Waals surface area contributed by atoms with E-state index in [9.17, 15) is 4.79 Å². The molecule has 0 spiro atoms. The van der Waals surface area contributed by atoms with Crippen LogP contribution >= 0.6 is 0 Å². The van der Waals surface area contributed by atoms with Crippen LogP contribution in [0.4, 0.5) is 4.79 Å². The summed E-state index contributed by atoms with van der Waals surface area (Å²) in [6.45, 7) is 1.53. The van der Waals surface area contributed by atoms with Crippen molar-refractivity contribution in [2.24, 2.45) is 5.73 Å². The first-order valence-corrected chi connectivity index (χ1v) is 4.20. The quantitative estimate of drug-likeness (QED) is 0.606. The molecule has 0 radical (unpaired) electrons. The average Bonchev–Trinajstić information content (AvgIpc) is 1.95. The molecule has 0 atom stereocenters. The van der Waals surface area contributed by atoms with E-state index >= 15 is 0 Å². The van der Waals surface area contributed by atoms with E-state index in [0.717, 1.165) is 25.8 Å². The Labute approximate surface area is 73.7 Å². The van der Waals surface area contributed by atoms with Crippen LogP contribution in [0.5, 0.6) is 0 Å². The van der Waals surface area contributed by atoms with E-state index in [1.807, 2.05) is 14.1 Å². The smallest absolute Gasteiger partial charge is 0.404 e. The Balaban J connectivity index is 2.96. The third kappa shape index (κ3) is 9.23. The number of hydrogen-bond donors (Lipinski definition) is 1. The molecule has 12 heavy (non-hydrogen) atoms. The highest BCUT2D eigenvalue weighted by molar-refractivity contribution is 5.64. The van der Waals surface area contributed by atoms with Crippen LogP contribution in [0, 0.1) is 0 Å². The van der Waals surface area contributed by atoms with Gasteiger partial charge in [-0.3, -0.25) is 0 Å². The molecular weight excluding hydrogens is 156 g/mol. The van der Waals surface area contributed by atoms with Crippen LogP contribution < -0.4 is 5.73 Å². The molecule has 2 N–H and O–H groups in total. The molecule has 0 aromatic heterocycles. The summed E-state index contributed by atoms with van der Waals surface area (Å²) < 4.78 is 4.57. The first-order chi connectivity index (χ1) is 5.63. The minimum atomic E-state index is -0.678. The van der Waals surface area contributed by atoms with Crippen molar-refractivity contribution in [1.29, 1.82) is 0 Å². The van der Waals surface area contributed by atoms with Crippen molar-refractivity contribution in [2.75, 3.05) is 27.2 Å². The van der Waals surface area contributed by atoms with Crippen molar-refractivity contribution in [1.82, 2.24) is 4.90 Å². The lowest BCUT2D eigenvalue weighted by Crippen LogP contribution is -2.15. The van der Waals surface area contributed by atoms with Crippen LogP contribution in [0.1, 0.15) is 19.3 Å². The highest BCUT2D eigenvalue weighted by Crippen LogP contribution is 1.96. The normalized spacial score (nSPS) is 10.2. The van der Waals surface area contributed by atoms with Crippen molar-refractivity contribution >= 4 is 6.09 Å². The van der Waals surface area contributed by atoms with Crippen molar-refractivity contribution in [2.45, 2.75) is 19.3 Å². The van der Waals surface area contributed by atoms with Crippen molar-refractivity contribution < 1.29 is 9.53 Å². The van der Waals surface area contributed by atoms with E-state index in [0.29, 0.717) is 6.61 Å². The number of nitrogens with zero attached hydrogens (tertiary/aromatic N) is 1. The SMILES string of the molecule is CN(C)CCCCCOC(N)=O. The highest BCUT2D eigenvalue weighted by Gasteiger charge is 1.94. The molecule has 0 rings (SSSR count). The van der Waals surface area contributed by atoms with E-state index < -0.39 is 6.09 Å². The van der Waals surface area contributed by atoms with Gasteiger partial charge in [0.15, 0.2) is 0 Å². The molecule has 0 aromatic carbocycles. The highest BCUT2D eigenvalue weighted by atomic mass is 16.5. The van der Waals surface area contributed by atoms with Gasteiger partial charge in [-0.15, -0.1) is 0 Å². The number of rotatable bonds is 6. The summed E-state index contributed by atoms with van der Waals surface area (Å²) in [4.78, 5) is 12.3. The second kappa shape index (κ2) is 6.91. The van der Waals surface area contributed by atoms with Gasteiger partial charge in [-0.1, -0.05) is 0 Å². The Morgan fingerprint density at radius 3 is 2.50 bits per heavy atom. The molecule has 0 unspecified atom stereocenters. The van der Waals surface area contributed by atoms with Gasteiger partial charge in [-0.2, -0.15) is 0 Å². The maximum absolute atomic E-state index is 10.1. The van der Waals surface area contributed by atoms with Gasteiger partial charge in [0.1, 0.15) is 0 Å². The molecular formula is C8H18N2O2. The fraction of sp³-hybridized carbons (Fsp3) is 0.875. The lowest BCUT2D eigenvalue weighted by molar-refractivity contribution is 0.154. The number of carbonyl (C=O) groups excluding carboxylic acids is 1. The van der Waals surface area contributed by atoms with Gasteiger partial charge in [-0.25, -0.2) is 4.79 Å². The van der Waals surface area contributed by atoms with Crippen molar-refractivity contribution in [3.8, 4) is 0 Å². The van der Waals surface area contributed by atoms with E-state index in [1.54, 1.807) is 0 Å². The Bertz CT molecular complexity index is 126. The van der Waals surface area contributed by atoms with Gasteiger partial charge in [0.05, 0.1) is 6.61 Å². The van der Waals surface area contributed by atoms with E-state index in [-0.39, 0.29) is 0 Å². The molecule has 0 bridgehead atoms. The zero-order valence-electron chi connectivity index (χ0n) is 7.88. The van der Waals surface area contributed by atoms with Gasteiger partial charge in [-0.05, 0) is 39.9 Å². The second-order valence-corrected chi connectivity index (χ2v) is 3.03. The van der Waals surface area contributed by atoms with Gasteiger partial charge in [0, 0.05) is 0 Å². The fourth-order valence-electron chi connectivity index (χ4n) is 0.880. The number of hydrogen-bond acceptors (Lipinski definition) is 3. The van der Waals surface area contributed by atoms with Gasteiger partial charge >= 0.3 is 6.09 Å². The number of primary amides is 1. The summed E-state index contributed by atoms with van der Waals surface area (Å²) in [5.74, 6) is 0. The van der Waals surface area contributed by atoms with Gasteiger partial charge in [0.2, 0.25) is 0 Å². The lowest BCUT2D eigenvalue weighted by atomic mass is 10.2. The lowest BCUT2D eigenvalue weighted by Gasteiger charge is -2.08. The number of nitrogens with two attached hydrogens (primary N) is 1. The first kappa shape index (κ1) is 11.2. The average molecular weight is 174 g/mol. The molecule has 1 amide bonds. The predicted molar refractivity (Wildman–Crippen MR) is 47.9 cm³/mol. The molecule has 0 heterocycles. The summed E-state index contributed by atoms with van der Waals surface area (Å²) in [6, 6.07) is 0. The molecule has 0 aliphatic heterocycles. The Hall–Kier alpha value is -0.770. The standard InChI is InChI=1S/C8H18N2O2/c1-10(2)6-4-3-5-7-12-8(9)11/h3-7H2,1-2H3,(H2,9,11). The third-order valence-corrected chi connectivity index (χ3v) is 1.49. The largest absolute Gasteiger partial charge is 0.450 e. The summed E-state index contributed by atoms with van der Waals surface area (Å²) in [7, 11) is 4.08. The maximum Gasteiger partial charge on any atom is 0.404 e. The molecule has 0 saturated carbocycles. The predicted octanol–water partition coefficient (Wildman–Crippen LogP) is 0.814. The Kier molecular flexibility index (Phi) is 6.47. The van der Waals surface area contributed by atoms with Crippen LogP contribution in [0.25, 0.3) is 0 Å². The molecule has 0 aliphatic carbocycles. The first-order valence-electron chi connectivity index (χ1n) is 4.20. The van der Waals surface area contributed by atoms with Crippen LogP contribution in [-0.2, 0) is 4.74 Å².